The fourth-order valence-corrected chi connectivity index (χ4v) is 5.30. The van der Waals surface area contributed by atoms with Gasteiger partial charge in [-0.05, 0) is 80.0 Å². The van der Waals surface area contributed by atoms with Gasteiger partial charge in [0.2, 0.25) is 18.1 Å². The molecule has 1 aliphatic carbocycles. The van der Waals surface area contributed by atoms with Crippen molar-refractivity contribution in [1.29, 1.82) is 5.41 Å². The highest BCUT2D eigenvalue weighted by atomic mass is 32.2. The number of nitrogens with zero attached hydrogens (tertiary/aromatic N) is 2. The first-order valence-corrected chi connectivity index (χ1v) is 15.3. The largest absolute Gasteiger partial charge is 0.497 e. The standard InChI is InChI=1S/C30H29F4N3O2S.2C2H6/c1-4-37-26-13-12-24(38-3)18-25(26)29(2,19-20-10-11-23(31)17-22(16-20)30(32,33)34)27(37)14-15-36-40-39-28(35)21-8-6-5-7-9-21;2*1-2/h5-18,22,35H,4,19H2,1-3H3;2*1-2H3/b27-14-,35-28?,36-15-;;. The van der Waals surface area contributed by atoms with Crippen LogP contribution in [0.3, 0.4) is 0 Å². The van der Waals surface area contributed by atoms with E-state index in [9.17, 15) is 17.6 Å². The molecule has 0 spiro atoms. The van der Waals surface area contributed by atoms with Gasteiger partial charge in [0.1, 0.15) is 11.6 Å². The molecule has 2 atom stereocenters. The molecule has 44 heavy (non-hydrogen) atoms. The number of likely N-dealkylation sites (N-methyl/N-ethyl adjacent to an activating group) is 1. The Kier molecular flexibility index (Phi) is 14.0. The van der Waals surface area contributed by atoms with Gasteiger partial charge in [-0.1, -0.05) is 58.0 Å². The molecule has 2 aromatic carbocycles. The first-order valence-electron chi connectivity index (χ1n) is 14.6. The molecule has 4 rings (SSSR count). The number of allylic oxidation sites excluding steroid dienone is 8. The first kappa shape index (κ1) is 36.4. The summed E-state index contributed by atoms with van der Waals surface area (Å²) in [5.74, 6) is -2.38. The summed E-state index contributed by atoms with van der Waals surface area (Å²) < 4.78 is 70.1. The van der Waals surface area contributed by atoms with Crippen LogP contribution in [0.2, 0.25) is 0 Å². The second-order valence-corrected chi connectivity index (χ2v) is 10.0. The highest BCUT2D eigenvalue weighted by molar-refractivity contribution is 7.93. The van der Waals surface area contributed by atoms with Crippen LogP contribution in [-0.2, 0) is 9.60 Å². The number of rotatable bonds is 8. The van der Waals surface area contributed by atoms with Crippen molar-refractivity contribution < 1.29 is 26.5 Å². The highest BCUT2D eigenvalue weighted by Gasteiger charge is 2.44. The van der Waals surface area contributed by atoms with Crippen molar-refractivity contribution in [1.82, 2.24) is 0 Å². The Balaban J connectivity index is 0.00000162. The van der Waals surface area contributed by atoms with Crippen molar-refractivity contribution in [3.8, 4) is 5.75 Å². The fourth-order valence-electron chi connectivity index (χ4n) is 4.97. The quantitative estimate of drug-likeness (QED) is 0.104. The lowest BCUT2D eigenvalue weighted by molar-refractivity contribution is -0.149. The minimum Gasteiger partial charge on any atom is -0.497 e. The molecule has 5 nitrogen and oxygen atoms in total. The van der Waals surface area contributed by atoms with E-state index >= 15 is 0 Å². The van der Waals surface area contributed by atoms with Gasteiger partial charge in [0, 0.05) is 35.1 Å². The summed E-state index contributed by atoms with van der Waals surface area (Å²) in [5, 5.41) is 8.04. The average molecular weight is 632 g/mol. The number of halogens is 4. The molecule has 0 aromatic heterocycles. The van der Waals surface area contributed by atoms with E-state index in [0.29, 0.717) is 29.5 Å². The predicted molar refractivity (Wildman–Crippen MR) is 175 cm³/mol. The van der Waals surface area contributed by atoms with Crippen LogP contribution in [0, 0.1) is 11.3 Å². The van der Waals surface area contributed by atoms with Crippen LogP contribution < -0.4 is 9.64 Å². The second kappa shape index (κ2) is 16.9. The zero-order valence-corrected chi connectivity index (χ0v) is 27.0. The SMILES string of the molecule is CC.CC.CCN1/C(=C\C=N/SOC(=N)c2ccccc2)C(C)(CC2=CC(C(F)(F)F)C=C(F)C=C2)c2cc(OC)ccc21. The molecule has 1 aliphatic heterocycles. The Hall–Kier alpha value is -3.79. The summed E-state index contributed by atoms with van der Waals surface area (Å²) in [5.41, 5.74) is 2.75. The van der Waals surface area contributed by atoms with Crippen LogP contribution in [0.4, 0.5) is 23.2 Å². The zero-order chi connectivity index (χ0) is 32.9. The number of nitrogens with one attached hydrogen (secondary N) is 1. The molecule has 10 heteroatoms. The maximum Gasteiger partial charge on any atom is 0.398 e. The molecule has 0 amide bonds. The van der Waals surface area contributed by atoms with E-state index < -0.39 is 23.3 Å². The smallest absolute Gasteiger partial charge is 0.398 e. The molecule has 1 heterocycles. The lowest BCUT2D eigenvalue weighted by Crippen LogP contribution is -2.29. The average Bonchev–Trinajstić information content (AvgIpc) is 3.12. The molecule has 2 aromatic rings. The van der Waals surface area contributed by atoms with Crippen LogP contribution in [-0.4, -0.2) is 31.9 Å². The summed E-state index contributed by atoms with van der Waals surface area (Å²) >= 11 is 0.746. The van der Waals surface area contributed by atoms with Gasteiger partial charge < -0.3 is 13.8 Å². The number of methoxy groups -OCH3 is 1. The second-order valence-electron chi connectivity index (χ2n) is 9.49. The number of hydrogen-bond donors (Lipinski definition) is 1. The van der Waals surface area contributed by atoms with Crippen LogP contribution in [0.15, 0.2) is 100 Å². The highest BCUT2D eigenvalue weighted by Crippen LogP contribution is 2.52. The van der Waals surface area contributed by atoms with E-state index in [1.807, 2.05) is 65.8 Å². The molecule has 238 valence electrons. The molecule has 0 radical (unpaired) electrons. The minimum absolute atomic E-state index is 0.0389. The normalized spacial score (nSPS) is 20.0. The summed E-state index contributed by atoms with van der Waals surface area (Å²) in [7, 11) is 1.55. The Labute approximate surface area is 262 Å². The predicted octanol–water partition coefficient (Wildman–Crippen LogP) is 10.3. The lowest BCUT2D eigenvalue weighted by atomic mass is 9.75. The van der Waals surface area contributed by atoms with Crippen molar-refractivity contribution in [2.24, 2.45) is 10.3 Å². The molecule has 1 N–H and O–H groups in total. The van der Waals surface area contributed by atoms with Crippen molar-refractivity contribution >= 4 is 30.0 Å². The van der Waals surface area contributed by atoms with Crippen LogP contribution in [0.25, 0.3) is 0 Å². The number of hydrogen-bond acceptors (Lipinski definition) is 6. The van der Waals surface area contributed by atoms with Crippen molar-refractivity contribution in [3.05, 3.63) is 107 Å². The summed E-state index contributed by atoms with van der Waals surface area (Å²) in [4.78, 5) is 2.07. The van der Waals surface area contributed by atoms with E-state index in [-0.39, 0.29) is 12.3 Å². The maximum atomic E-state index is 14.1. The number of anilines is 1. The van der Waals surface area contributed by atoms with Crippen LogP contribution in [0.5, 0.6) is 5.75 Å². The minimum atomic E-state index is -4.61. The zero-order valence-electron chi connectivity index (χ0n) is 26.2. The van der Waals surface area contributed by atoms with Gasteiger partial charge in [-0.15, -0.1) is 0 Å². The number of benzene rings is 2. The summed E-state index contributed by atoms with van der Waals surface area (Å²) in [6.45, 7) is 12.5. The van der Waals surface area contributed by atoms with Crippen molar-refractivity contribution in [2.45, 2.75) is 59.6 Å². The summed E-state index contributed by atoms with van der Waals surface area (Å²) in [6, 6.07) is 14.6. The van der Waals surface area contributed by atoms with Gasteiger partial charge >= 0.3 is 6.18 Å². The third-order valence-electron chi connectivity index (χ3n) is 6.88. The monoisotopic (exact) mass is 631 g/mol. The molecule has 0 bridgehead atoms. The fraction of sp³-hybridized carbons (Fsp3) is 0.353. The Bertz CT molecular complexity index is 1400. The van der Waals surface area contributed by atoms with Gasteiger partial charge in [-0.2, -0.15) is 17.6 Å². The summed E-state index contributed by atoms with van der Waals surface area (Å²) in [6.07, 6.45) is 3.03. The molecule has 0 fully saturated rings. The van der Waals surface area contributed by atoms with E-state index in [1.165, 1.54) is 6.08 Å². The van der Waals surface area contributed by atoms with E-state index in [1.54, 1.807) is 43.7 Å². The molecule has 0 saturated heterocycles. The van der Waals surface area contributed by atoms with Gasteiger partial charge in [-0.3, -0.25) is 5.41 Å². The lowest BCUT2D eigenvalue weighted by Gasteiger charge is -2.30. The first-order chi connectivity index (χ1) is 21.1. The Morgan fingerprint density at radius 3 is 2.36 bits per heavy atom. The number of fused-ring (bicyclic) bond motifs is 1. The van der Waals surface area contributed by atoms with E-state index in [2.05, 4.69) is 9.30 Å². The topological polar surface area (TPSA) is 57.9 Å². The van der Waals surface area contributed by atoms with Crippen LogP contribution >= 0.6 is 12.2 Å². The molecule has 2 unspecified atom stereocenters. The van der Waals surface area contributed by atoms with Crippen LogP contribution in [0.1, 0.15) is 59.1 Å². The van der Waals surface area contributed by atoms with Gasteiger partial charge in [0.15, 0.2) is 0 Å². The molecular weight excluding hydrogens is 590 g/mol. The maximum absolute atomic E-state index is 14.1. The van der Waals surface area contributed by atoms with Crippen molar-refractivity contribution in [2.75, 3.05) is 18.6 Å². The van der Waals surface area contributed by atoms with Crippen molar-refractivity contribution in [3.63, 3.8) is 0 Å². The third kappa shape index (κ3) is 8.87. The van der Waals surface area contributed by atoms with E-state index in [4.69, 9.17) is 14.3 Å². The van der Waals surface area contributed by atoms with E-state index in [0.717, 1.165) is 41.3 Å². The Morgan fingerprint density at radius 2 is 1.75 bits per heavy atom. The molecule has 0 saturated carbocycles. The number of alkyl halides is 3. The number of ether oxygens (including phenoxy) is 1. The van der Waals surface area contributed by atoms with Gasteiger partial charge in [0.25, 0.3) is 0 Å². The Morgan fingerprint density at radius 1 is 1.07 bits per heavy atom. The van der Waals surface area contributed by atoms with Gasteiger partial charge in [0.05, 0.1) is 13.0 Å². The van der Waals surface area contributed by atoms with Gasteiger partial charge in [-0.25, -0.2) is 4.39 Å². The molecule has 2 aliphatic rings. The molecular formula is C34H41F4N3O2S. The third-order valence-corrected chi connectivity index (χ3v) is 7.33.